The molecular weight excluding hydrogens is 182 g/mol. The number of fused-ring (bicyclic) bond motifs is 1. The van der Waals surface area contributed by atoms with Gasteiger partial charge >= 0.3 is 0 Å². The van der Waals surface area contributed by atoms with Gasteiger partial charge in [0.05, 0.1) is 0 Å². The van der Waals surface area contributed by atoms with Gasteiger partial charge in [-0.15, -0.1) is 0 Å². The van der Waals surface area contributed by atoms with Gasteiger partial charge in [-0.1, -0.05) is 23.8 Å². The van der Waals surface area contributed by atoms with Crippen LogP contribution in [0.3, 0.4) is 0 Å². The predicted octanol–water partition coefficient (Wildman–Crippen LogP) is 3.12. The van der Waals surface area contributed by atoms with Crippen LogP contribution in [0.15, 0.2) is 18.2 Å². The molecule has 0 heterocycles. The molecule has 1 aromatic carbocycles. The molecule has 0 spiro atoms. The van der Waals surface area contributed by atoms with E-state index in [9.17, 15) is 0 Å². The van der Waals surface area contributed by atoms with E-state index in [0.717, 1.165) is 6.04 Å². The van der Waals surface area contributed by atoms with Crippen molar-refractivity contribution in [2.75, 3.05) is 0 Å². The molecule has 0 aliphatic heterocycles. The van der Waals surface area contributed by atoms with Crippen LogP contribution >= 0.6 is 0 Å². The SMILES string of the molecule is Cc1ccc2c(c1)C(NC1CC1)CCC2. The van der Waals surface area contributed by atoms with Gasteiger partial charge in [0.25, 0.3) is 0 Å². The number of hydrogen-bond donors (Lipinski definition) is 1. The summed E-state index contributed by atoms with van der Waals surface area (Å²) in [5, 5.41) is 3.78. The molecule has 0 bridgehead atoms. The Morgan fingerprint density at radius 3 is 2.87 bits per heavy atom. The molecule has 1 nitrogen and oxygen atoms in total. The first-order valence-electron chi connectivity index (χ1n) is 6.18. The van der Waals surface area contributed by atoms with Crippen LogP contribution in [-0.2, 0) is 6.42 Å². The van der Waals surface area contributed by atoms with Gasteiger partial charge in [-0.2, -0.15) is 0 Å². The van der Waals surface area contributed by atoms with Crippen LogP contribution in [0.25, 0.3) is 0 Å². The van der Waals surface area contributed by atoms with Crippen LogP contribution in [0.1, 0.15) is 48.4 Å². The smallest absolute Gasteiger partial charge is 0.0325 e. The van der Waals surface area contributed by atoms with Crippen molar-refractivity contribution < 1.29 is 0 Å². The maximum Gasteiger partial charge on any atom is 0.0325 e. The minimum absolute atomic E-state index is 0.640. The summed E-state index contributed by atoms with van der Waals surface area (Å²) in [6.07, 6.45) is 6.72. The van der Waals surface area contributed by atoms with Crippen LogP contribution in [0.2, 0.25) is 0 Å². The Labute approximate surface area is 91.9 Å². The Hall–Kier alpha value is -0.820. The summed E-state index contributed by atoms with van der Waals surface area (Å²) >= 11 is 0. The third-order valence-electron chi connectivity index (χ3n) is 3.63. The van der Waals surface area contributed by atoms with E-state index in [0.29, 0.717) is 6.04 Å². The van der Waals surface area contributed by atoms with Crippen molar-refractivity contribution in [2.24, 2.45) is 0 Å². The third kappa shape index (κ3) is 1.93. The molecule has 3 rings (SSSR count). The number of rotatable bonds is 2. The summed E-state index contributed by atoms with van der Waals surface area (Å²) in [6, 6.07) is 8.42. The number of nitrogens with one attached hydrogen (secondary N) is 1. The van der Waals surface area contributed by atoms with Crippen LogP contribution in [0, 0.1) is 6.92 Å². The van der Waals surface area contributed by atoms with Crippen molar-refractivity contribution >= 4 is 0 Å². The van der Waals surface area contributed by atoms with Gasteiger partial charge in [0.15, 0.2) is 0 Å². The van der Waals surface area contributed by atoms with E-state index in [2.05, 4.69) is 30.4 Å². The molecule has 0 amide bonds. The highest BCUT2D eigenvalue weighted by molar-refractivity contribution is 5.35. The molecule has 1 unspecified atom stereocenters. The lowest BCUT2D eigenvalue weighted by molar-refractivity contribution is 0.457. The van der Waals surface area contributed by atoms with Crippen LogP contribution in [0.5, 0.6) is 0 Å². The molecule has 1 N–H and O–H groups in total. The molecule has 1 heteroatoms. The van der Waals surface area contributed by atoms with Crippen molar-refractivity contribution in [2.45, 2.75) is 51.1 Å². The van der Waals surface area contributed by atoms with Crippen molar-refractivity contribution in [3.05, 3.63) is 34.9 Å². The predicted molar refractivity (Wildman–Crippen MR) is 63.0 cm³/mol. The molecule has 2 aliphatic carbocycles. The lowest BCUT2D eigenvalue weighted by atomic mass is 9.86. The Kier molecular flexibility index (Phi) is 2.28. The van der Waals surface area contributed by atoms with Crippen molar-refractivity contribution in [1.82, 2.24) is 5.32 Å². The Bertz CT molecular complexity index is 366. The van der Waals surface area contributed by atoms with E-state index in [1.54, 1.807) is 11.1 Å². The van der Waals surface area contributed by atoms with Gasteiger partial charge in [0.2, 0.25) is 0 Å². The summed E-state index contributed by atoms with van der Waals surface area (Å²) in [7, 11) is 0. The fourth-order valence-corrected chi connectivity index (χ4v) is 2.63. The monoisotopic (exact) mass is 201 g/mol. The molecule has 1 fully saturated rings. The normalized spacial score (nSPS) is 25.0. The average Bonchev–Trinajstić information content (AvgIpc) is 3.03. The van der Waals surface area contributed by atoms with Crippen LogP contribution < -0.4 is 5.32 Å². The second-order valence-electron chi connectivity index (χ2n) is 5.09. The number of aryl methyl sites for hydroxylation is 2. The Morgan fingerprint density at radius 2 is 2.07 bits per heavy atom. The number of hydrogen-bond acceptors (Lipinski definition) is 1. The minimum Gasteiger partial charge on any atom is -0.307 e. The standard InChI is InChI=1S/C14H19N/c1-10-5-6-11-3-2-4-14(13(11)9-10)15-12-7-8-12/h5-6,9,12,14-15H,2-4,7-8H2,1H3. The van der Waals surface area contributed by atoms with E-state index in [1.807, 2.05) is 0 Å². The van der Waals surface area contributed by atoms with E-state index in [1.165, 1.54) is 37.7 Å². The molecule has 1 saturated carbocycles. The fourth-order valence-electron chi connectivity index (χ4n) is 2.63. The Balaban J connectivity index is 1.89. The molecule has 80 valence electrons. The van der Waals surface area contributed by atoms with Gasteiger partial charge in [0, 0.05) is 12.1 Å². The zero-order chi connectivity index (χ0) is 10.3. The summed E-state index contributed by atoms with van der Waals surface area (Å²) < 4.78 is 0. The maximum absolute atomic E-state index is 3.78. The molecule has 0 aromatic heterocycles. The lowest BCUT2D eigenvalue weighted by Gasteiger charge is -2.27. The molecule has 2 aliphatic rings. The van der Waals surface area contributed by atoms with Crippen LogP contribution in [-0.4, -0.2) is 6.04 Å². The average molecular weight is 201 g/mol. The minimum atomic E-state index is 0.640. The zero-order valence-corrected chi connectivity index (χ0v) is 9.42. The first-order chi connectivity index (χ1) is 7.33. The van der Waals surface area contributed by atoms with E-state index < -0.39 is 0 Å². The van der Waals surface area contributed by atoms with E-state index in [4.69, 9.17) is 0 Å². The van der Waals surface area contributed by atoms with Gasteiger partial charge in [-0.05, 0) is 50.2 Å². The zero-order valence-electron chi connectivity index (χ0n) is 9.42. The maximum atomic E-state index is 3.78. The van der Waals surface area contributed by atoms with Crippen LogP contribution in [0.4, 0.5) is 0 Å². The van der Waals surface area contributed by atoms with Crippen molar-refractivity contribution in [3.8, 4) is 0 Å². The molecule has 0 saturated heterocycles. The molecular formula is C14H19N. The van der Waals surface area contributed by atoms with E-state index in [-0.39, 0.29) is 0 Å². The van der Waals surface area contributed by atoms with Gasteiger partial charge in [-0.3, -0.25) is 0 Å². The van der Waals surface area contributed by atoms with Gasteiger partial charge in [0.1, 0.15) is 0 Å². The second-order valence-corrected chi connectivity index (χ2v) is 5.09. The highest BCUT2D eigenvalue weighted by Crippen LogP contribution is 2.33. The molecule has 15 heavy (non-hydrogen) atoms. The van der Waals surface area contributed by atoms with E-state index >= 15 is 0 Å². The summed E-state index contributed by atoms with van der Waals surface area (Å²) in [5.74, 6) is 0. The van der Waals surface area contributed by atoms with Crippen molar-refractivity contribution in [1.29, 1.82) is 0 Å². The van der Waals surface area contributed by atoms with Crippen molar-refractivity contribution in [3.63, 3.8) is 0 Å². The summed E-state index contributed by atoms with van der Waals surface area (Å²) in [5.41, 5.74) is 4.55. The first-order valence-corrected chi connectivity index (χ1v) is 6.18. The van der Waals surface area contributed by atoms with Gasteiger partial charge in [-0.25, -0.2) is 0 Å². The quantitative estimate of drug-likeness (QED) is 0.775. The third-order valence-corrected chi connectivity index (χ3v) is 3.63. The largest absolute Gasteiger partial charge is 0.307 e. The highest BCUT2D eigenvalue weighted by Gasteiger charge is 2.27. The molecule has 0 radical (unpaired) electrons. The highest BCUT2D eigenvalue weighted by atomic mass is 15.0. The Morgan fingerprint density at radius 1 is 1.20 bits per heavy atom. The molecule has 1 atom stereocenters. The number of benzene rings is 1. The summed E-state index contributed by atoms with van der Waals surface area (Å²) in [6.45, 7) is 2.20. The fraction of sp³-hybridized carbons (Fsp3) is 0.571. The lowest BCUT2D eigenvalue weighted by Crippen LogP contribution is -2.26. The topological polar surface area (TPSA) is 12.0 Å². The molecule has 1 aromatic rings. The second kappa shape index (κ2) is 3.64. The first kappa shape index (κ1) is 9.41. The van der Waals surface area contributed by atoms with Gasteiger partial charge < -0.3 is 5.32 Å². The summed E-state index contributed by atoms with van der Waals surface area (Å²) in [4.78, 5) is 0.